The number of aromatic nitrogens is 1. The number of nitrogens with two attached hydrogens (primary N) is 1. The first-order chi connectivity index (χ1) is 14.1. The highest BCUT2D eigenvalue weighted by Crippen LogP contribution is 2.29. The molecule has 0 aliphatic rings. The summed E-state index contributed by atoms with van der Waals surface area (Å²) >= 11 is 0. The van der Waals surface area contributed by atoms with Gasteiger partial charge in [0.1, 0.15) is 0 Å². The molecule has 11 heteroatoms. The maximum atomic E-state index is 13.4. The molecule has 2 aromatic carbocycles. The van der Waals surface area contributed by atoms with Crippen molar-refractivity contribution in [2.45, 2.75) is 22.8 Å². The van der Waals surface area contributed by atoms with E-state index in [2.05, 4.69) is 4.98 Å². The molecular weight excluding hydrogens is 462 g/mol. The normalized spacial score (nSPS) is 13.1. The molecular formula is C20H24ClN3O5S2. The smallest absolute Gasteiger partial charge is 0.243 e. The van der Waals surface area contributed by atoms with Crippen LogP contribution in [-0.2, 0) is 19.9 Å². The van der Waals surface area contributed by atoms with Gasteiger partial charge in [-0.1, -0.05) is 24.3 Å². The second kappa shape index (κ2) is 9.92. The zero-order chi connectivity index (χ0) is 21.9. The topological polar surface area (TPSA) is 131 Å². The highest BCUT2D eigenvalue weighted by atomic mass is 35.5. The van der Waals surface area contributed by atoms with Gasteiger partial charge in [0.05, 0.1) is 15.5 Å². The molecule has 0 saturated carbocycles. The van der Waals surface area contributed by atoms with Gasteiger partial charge in [-0.05, 0) is 37.3 Å². The molecule has 1 unspecified atom stereocenters. The first-order valence-electron chi connectivity index (χ1n) is 9.23. The van der Waals surface area contributed by atoms with Crippen molar-refractivity contribution >= 4 is 43.0 Å². The Labute approximate surface area is 188 Å². The molecule has 0 radical (unpaired) electrons. The van der Waals surface area contributed by atoms with E-state index in [0.717, 1.165) is 4.31 Å². The quantitative estimate of drug-likeness (QED) is 0.499. The largest absolute Gasteiger partial charge is 0.493 e. The Kier molecular flexibility index (Phi) is 8.01. The van der Waals surface area contributed by atoms with Gasteiger partial charge < -0.3 is 10.8 Å². The molecule has 168 valence electrons. The Balaban J connectivity index is 0.00000341. The lowest BCUT2D eigenvalue weighted by atomic mass is 10.2. The van der Waals surface area contributed by atoms with E-state index in [0.29, 0.717) is 5.39 Å². The number of hydrogen-bond donors (Lipinski definition) is 2. The van der Waals surface area contributed by atoms with Crippen molar-refractivity contribution in [1.29, 1.82) is 0 Å². The van der Waals surface area contributed by atoms with Crippen LogP contribution in [0.2, 0.25) is 0 Å². The summed E-state index contributed by atoms with van der Waals surface area (Å²) in [4.78, 5) is 3.86. The Morgan fingerprint density at radius 2 is 1.68 bits per heavy atom. The van der Waals surface area contributed by atoms with Crippen molar-refractivity contribution in [2.75, 3.05) is 18.8 Å². The van der Waals surface area contributed by atoms with Crippen LogP contribution in [0.3, 0.4) is 0 Å². The van der Waals surface area contributed by atoms with Gasteiger partial charge >= 0.3 is 0 Å². The van der Waals surface area contributed by atoms with Crippen LogP contribution in [0.25, 0.3) is 10.8 Å². The molecule has 0 amide bonds. The van der Waals surface area contributed by atoms with E-state index in [9.17, 15) is 21.9 Å². The third-order valence-corrected chi connectivity index (χ3v) is 8.20. The fourth-order valence-corrected chi connectivity index (χ4v) is 6.26. The molecule has 0 fully saturated rings. The predicted molar refractivity (Wildman–Crippen MR) is 122 cm³/mol. The predicted octanol–water partition coefficient (Wildman–Crippen LogP) is 2.17. The van der Waals surface area contributed by atoms with Gasteiger partial charge in [-0.15, -0.1) is 12.4 Å². The van der Waals surface area contributed by atoms with Crippen LogP contribution >= 0.6 is 12.4 Å². The monoisotopic (exact) mass is 485 g/mol. The van der Waals surface area contributed by atoms with E-state index in [-0.39, 0.29) is 52.3 Å². The van der Waals surface area contributed by atoms with E-state index < -0.39 is 25.9 Å². The molecule has 1 atom stereocenters. The summed E-state index contributed by atoms with van der Waals surface area (Å²) in [5.74, 6) is -0.671. The number of pyridine rings is 1. The summed E-state index contributed by atoms with van der Waals surface area (Å²) in [6, 6.07) is 13.3. The van der Waals surface area contributed by atoms with Crippen LogP contribution in [-0.4, -0.2) is 56.1 Å². The first kappa shape index (κ1) is 25.0. The average Bonchev–Trinajstić information content (AvgIpc) is 2.71. The maximum Gasteiger partial charge on any atom is 0.243 e. The molecule has 31 heavy (non-hydrogen) atoms. The zero-order valence-electron chi connectivity index (χ0n) is 16.7. The second-order valence-corrected chi connectivity index (χ2v) is 11.0. The van der Waals surface area contributed by atoms with E-state index in [1.54, 1.807) is 31.2 Å². The van der Waals surface area contributed by atoms with Crippen molar-refractivity contribution in [3.05, 3.63) is 60.8 Å². The zero-order valence-corrected chi connectivity index (χ0v) is 19.2. The molecule has 0 aliphatic heterocycles. The molecule has 0 aliphatic carbocycles. The standard InChI is InChI=1S/C20H23N3O5S2.ClH/c1-15(21)14-23(12-13-29(25,26)16-6-3-2-4-7-16)30(27,28)19-9-5-8-18-17(19)10-11-22-20(18)24;/h2-11,15H,12-14,21H2,1H3,(H,22,24);1H. The summed E-state index contributed by atoms with van der Waals surface area (Å²) in [7, 11) is -7.77. The van der Waals surface area contributed by atoms with Gasteiger partial charge in [-0.3, -0.25) is 0 Å². The third kappa shape index (κ3) is 5.52. The van der Waals surface area contributed by atoms with Gasteiger partial charge in [-0.2, -0.15) is 4.31 Å². The van der Waals surface area contributed by atoms with Gasteiger partial charge in [0.15, 0.2) is 9.84 Å². The first-order valence-corrected chi connectivity index (χ1v) is 12.3. The van der Waals surface area contributed by atoms with Crippen LogP contribution in [0.1, 0.15) is 6.92 Å². The van der Waals surface area contributed by atoms with E-state index in [1.165, 1.54) is 36.5 Å². The second-order valence-electron chi connectivity index (χ2n) is 6.96. The number of aromatic hydroxyl groups is 1. The Hall–Kier alpha value is -2.24. The molecule has 3 N–H and O–H groups in total. The number of benzene rings is 2. The molecule has 0 saturated heterocycles. The molecule has 3 aromatic rings. The molecule has 0 bridgehead atoms. The average molecular weight is 486 g/mol. The molecule has 1 aromatic heterocycles. The minimum atomic E-state index is -4.09. The number of rotatable bonds is 8. The Morgan fingerprint density at radius 3 is 2.32 bits per heavy atom. The lowest BCUT2D eigenvalue weighted by Crippen LogP contribution is -2.42. The minimum absolute atomic E-state index is 0. The fraction of sp³-hybridized carbons (Fsp3) is 0.250. The van der Waals surface area contributed by atoms with E-state index in [1.807, 2.05) is 0 Å². The van der Waals surface area contributed by atoms with E-state index >= 15 is 0 Å². The third-order valence-electron chi connectivity index (χ3n) is 4.57. The summed E-state index contributed by atoms with van der Waals surface area (Å²) < 4.78 is 53.2. The van der Waals surface area contributed by atoms with Crippen molar-refractivity contribution in [2.24, 2.45) is 5.73 Å². The van der Waals surface area contributed by atoms with E-state index in [4.69, 9.17) is 5.73 Å². The number of sulfonamides is 1. The number of hydrogen-bond acceptors (Lipinski definition) is 7. The summed E-state index contributed by atoms with van der Waals surface area (Å²) in [5.41, 5.74) is 5.85. The highest BCUT2D eigenvalue weighted by molar-refractivity contribution is 7.91. The van der Waals surface area contributed by atoms with Crippen molar-refractivity contribution in [3.8, 4) is 5.88 Å². The molecule has 1 heterocycles. The van der Waals surface area contributed by atoms with Crippen LogP contribution in [0, 0.1) is 0 Å². The van der Waals surface area contributed by atoms with Crippen molar-refractivity contribution in [1.82, 2.24) is 9.29 Å². The molecule has 0 spiro atoms. The minimum Gasteiger partial charge on any atom is -0.493 e. The lowest BCUT2D eigenvalue weighted by molar-refractivity contribution is 0.406. The SMILES string of the molecule is CC(N)CN(CCS(=O)(=O)c1ccccc1)S(=O)(=O)c1cccc2c(O)nccc12.Cl. The van der Waals surface area contributed by atoms with Crippen molar-refractivity contribution < 1.29 is 21.9 Å². The number of sulfone groups is 1. The lowest BCUT2D eigenvalue weighted by Gasteiger charge is -2.24. The molecule has 8 nitrogen and oxygen atoms in total. The van der Waals surface area contributed by atoms with Crippen LogP contribution < -0.4 is 5.73 Å². The Bertz CT molecular complexity index is 1250. The van der Waals surface area contributed by atoms with Crippen molar-refractivity contribution in [3.63, 3.8) is 0 Å². The summed E-state index contributed by atoms with van der Waals surface area (Å²) in [6.07, 6.45) is 1.31. The fourth-order valence-electron chi connectivity index (χ4n) is 3.13. The number of fused-ring (bicyclic) bond motifs is 1. The number of nitrogens with zero attached hydrogens (tertiary/aromatic N) is 2. The Morgan fingerprint density at radius 1 is 1.00 bits per heavy atom. The van der Waals surface area contributed by atoms with Gasteiger partial charge in [0.25, 0.3) is 0 Å². The van der Waals surface area contributed by atoms with Crippen LogP contribution in [0.15, 0.2) is 70.6 Å². The summed E-state index contributed by atoms with van der Waals surface area (Å²) in [6.45, 7) is 1.34. The number of halogens is 1. The van der Waals surface area contributed by atoms with Gasteiger partial charge in [0.2, 0.25) is 15.9 Å². The highest BCUT2D eigenvalue weighted by Gasteiger charge is 2.29. The summed E-state index contributed by atoms with van der Waals surface area (Å²) in [5, 5.41) is 10.5. The van der Waals surface area contributed by atoms with Crippen LogP contribution in [0.5, 0.6) is 5.88 Å². The van der Waals surface area contributed by atoms with Crippen LogP contribution in [0.4, 0.5) is 0 Å². The maximum absolute atomic E-state index is 13.4. The molecule has 3 rings (SSSR count). The van der Waals surface area contributed by atoms with Gasteiger partial charge in [-0.25, -0.2) is 21.8 Å². The van der Waals surface area contributed by atoms with Gasteiger partial charge in [0, 0.05) is 36.1 Å².